The first-order valence-corrected chi connectivity index (χ1v) is 6.91. The Labute approximate surface area is 122 Å². The van der Waals surface area contributed by atoms with Gasteiger partial charge < -0.3 is 4.90 Å². The average molecular weight is 288 g/mol. The van der Waals surface area contributed by atoms with E-state index < -0.39 is 0 Å². The van der Waals surface area contributed by atoms with Crippen LogP contribution >= 0.6 is 11.6 Å². The summed E-state index contributed by atoms with van der Waals surface area (Å²) in [6.07, 6.45) is 2.14. The van der Waals surface area contributed by atoms with Crippen molar-refractivity contribution >= 4 is 23.2 Å². The molecule has 0 radical (unpaired) electrons. The summed E-state index contributed by atoms with van der Waals surface area (Å²) in [7, 11) is 0. The van der Waals surface area contributed by atoms with Gasteiger partial charge in [0.2, 0.25) is 5.91 Å². The fourth-order valence-electron chi connectivity index (χ4n) is 2.36. The van der Waals surface area contributed by atoms with E-state index in [1.54, 1.807) is 11.1 Å². The number of hydrogen-bond donors (Lipinski definition) is 0. The van der Waals surface area contributed by atoms with Crippen molar-refractivity contribution < 1.29 is 4.79 Å². The average Bonchev–Trinajstić information content (AvgIpc) is 2.78. The highest BCUT2D eigenvalue weighted by molar-refractivity contribution is 6.24. The van der Waals surface area contributed by atoms with Gasteiger partial charge in [-0.05, 0) is 25.1 Å². The molecule has 1 aromatic heterocycles. The number of benzene rings is 1. The Morgan fingerprint density at radius 1 is 1.35 bits per heavy atom. The van der Waals surface area contributed by atoms with Gasteiger partial charge in [0.05, 0.1) is 11.1 Å². The third-order valence-corrected chi connectivity index (χ3v) is 3.60. The Kier molecular flexibility index (Phi) is 3.40. The van der Waals surface area contributed by atoms with Crippen molar-refractivity contribution in [3.05, 3.63) is 42.4 Å². The van der Waals surface area contributed by atoms with Crippen LogP contribution in [0.3, 0.4) is 0 Å². The second kappa shape index (κ2) is 5.21. The Morgan fingerprint density at radius 2 is 2.20 bits per heavy atom. The molecular weight excluding hydrogens is 274 g/mol. The summed E-state index contributed by atoms with van der Waals surface area (Å²) in [5, 5.41) is -0.104. The van der Waals surface area contributed by atoms with Crippen molar-refractivity contribution in [1.29, 1.82) is 0 Å². The van der Waals surface area contributed by atoms with Gasteiger partial charge >= 0.3 is 0 Å². The topological polar surface area (TPSA) is 46.1 Å². The lowest BCUT2D eigenvalue weighted by molar-refractivity contribution is -0.117. The first-order valence-electron chi connectivity index (χ1n) is 6.48. The van der Waals surface area contributed by atoms with Crippen LogP contribution in [0.1, 0.15) is 12.2 Å². The number of nitrogens with zero attached hydrogens (tertiary/aromatic N) is 3. The summed E-state index contributed by atoms with van der Waals surface area (Å²) >= 11 is 6.05. The Morgan fingerprint density at radius 3 is 2.90 bits per heavy atom. The number of halogens is 1. The third kappa shape index (κ3) is 2.51. The quantitative estimate of drug-likeness (QED) is 0.798. The van der Waals surface area contributed by atoms with E-state index in [0.29, 0.717) is 13.0 Å². The Hall–Kier alpha value is -1.94. The maximum Gasteiger partial charge on any atom is 0.228 e. The smallest absolute Gasteiger partial charge is 0.228 e. The zero-order chi connectivity index (χ0) is 14.1. The molecule has 1 aliphatic heterocycles. The number of hydrogen-bond acceptors (Lipinski definition) is 3. The van der Waals surface area contributed by atoms with Gasteiger partial charge in [-0.1, -0.05) is 12.1 Å². The van der Waals surface area contributed by atoms with Crippen LogP contribution in [0.5, 0.6) is 0 Å². The van der Waals surface area contributed by atoms with E-state index in [9.17, 15) is 4.79 Å². The van der Waals surface area contributed by atoms with Crippen molar-refractivity contribution in [3.8, 4) is 11.3 Å². The number of carbonyl (C=O) groups excluding carboxylic acids is 1. The molecule has 1 atom stereocenters. The lowest BCUT2D eigenvalue weighted by Gasteiger charge is -2.16. The zero-order valence-electron chi connectivity index (χ0n) is 11.1. The van der Waals surface area contributed by atoms with Crippen LogP contribution in [0.2, 0.25) is 0 Å². The monoisotopic (exact) mass is 287 g/mol. The van der Waals surface area contributed by atoms with Gasteiger partial charge in [-0.15, -0.1) is 11.6 Å². The molecule has 1 fully saturated rings. The van der Waals surface area contributed by atoms with Gasteiger partial charge in [0, 0.05) is 30.4 Å². The summed E-state index contributed by atoms with van der Waals surface area (Å²) < 4.78 is 0. The fraction of sp³-hybridized carbons (Fsp3) is 0.267. The molecule has 3 rings (SSSR count). The Bertz CT molecular complexity index is 659. The number of anilines is 1. The number of aromatic nitrogens is 2. The number of aryl methyl sites for hydroxylation is 1. The third-order valence-electron chi connectivity index (χ3n) is 3.31. The second-order valence-electron chi connectivity index (χ2n) is 4.85. The molecule has 2 aromatic rings. The van der Waals surface area contributed by atoms with Crippen LogP contribution in [0.15, 0.2) is 36.5 Å². The number of rotatable bonds is 2. The van der Waals surface area contributed by atoms with E-state index in [2.05, 4.69) is 9.97 Å². The van der Waals surface area contributed by atoms with Gasteiger partial charge in [-0.3, -0.25) is 4.79 Å². The molecular formula is C15H14ClN3O. The molecule has 4 nitrogen and oxygen atoms in total. The summed E-state index contributed by atoms with van der Waals surface area (Å²) in [4.78, 5) is 22.1. The summed E-state index contributed by atoms with van der Waals surface area (Å²) in [5.41, 5.74) is 2.69. The van der Waals surface area contributed by atoms with E-state index in [1.165, 1.54) is 0 Å². The highest BCUT2D eigenvalue weighted by Crippen LogP contribution is 2.27. The van der Waals surface area contributed by atoms with E-state index in [0.717, 1.165) is 22.8 Å². The van der Waals surface area contributed by atoms with Gasteiger partial charge in [0.25, 0.3) is 0 Å². The zero-order valence-corrected chi connectivity index (χ0v) is 11.8. The first kappa shape index (κ1) is 13.1. The minimum absolute atomic E-state index is 0.0704. The fourth-order valence-corrected chi connectivity index (χ4v) is 2.63. The molecule has 0 saturated carbocycles. The maximum atomic E-state index is 11.9. The number of alkyl halides is 1. The van der Waals surface area contributed by atoms with Crippen molar-refractivity contribution in [1.82, 2.24) is 9.97 Å². The molecule has 1 saturated heterocycles. The highest BCUT2D eigenvalue weighted by Gasteiger charge is 2.29. The Balaban J connectivity index is 1.96. The summed E-state index contributed by atoms with van der Waals surface area (Å²) in [5.74, 6) is 0.798. The number of amides is 1. The molecule has 102 valence electrons. The van der Waals surface area contributed by atoms with E-state index in [-0.39, 0.29) is 11.3 Å². The minimum Gasteiger partial charge on any atom is -0.311 e. The van der Waals surface area contributed by atoms with Crippen LogP contribution < -0.4 is 4.90 Å². The van der Waals surface area contributed by atoms with Crippen LogP contribution in [-0.4, -0.2) is 27.8 Å². The van der Waals surface area contributed by atoms with Crippen LogP contribution in [0.25, 0.3) is 11.3 Å². The van der Waals surface area contributed by atoms with E-state index in [4.69, 9.17) is 11.6 Å². The van der Waals surface area contributed by atoms with Crippen LogP contribution in [0, 0.1) is 6.92 Å². The van der Waals surface area contributed by atoms with Crippen LogP contribution in [-0.2, 0) is 4.79 Å². The predicted octanol–water partition coefficient (Wildman–Crippen LogP) is 2.80. The highest BCUT2D eigenvalue weighted by atomic mass is 35.5. The molecule has 1 amide bonds. The van der Waals surface area contributed by atoms with Crippen molar-refractivity contribution in [2.45, 2.75) is 18.7 Å². The molecule has 0 bridgehead atoms. The molecule has 1 unspecified atom stereocenters. The van der Waals surface area contributed by atoms with Crippen molar-refractivity contribution in [3.63, 3.8) is 0 Å². The van der Waals surface area contributed by atoms with Crippen molar-refractivity contribution in [2.24, 2.45) is 0 Å². The molecule has 0 spiro atoms. The minimum atomic E-state index is -0.104. The molecule has 20 heavy (non-hydrogen) atoms. The SMILES string of the molecule is Cc1nccc(-c2cccc(N3CC(Cl)CC3=O)c2)n1. The van der Waals surface area contributed by atoms with Gasteiger partial charge in [-0.25, -0.2) is 9.97 Å². The van der Waals surface area contributed by atoms with E-state index >= 15 is 0 Å². The largest absolute Gasteiger partial charge is 0.311 e. The molecule has 1 aromatic carbocycles. The lowest BCUT2D eigenvalue weighted by atomic mass is 10.1. The van der Waals surface area contributed by atoms with Crippen molar-refractivity contribution in [2.75, 3.05) is 11.4 Å². The normalized spacial score (nSPS) is 18.6. The van der Waals surface area contributed by atoms with E-state index in [1.807, 2.05) is 37.3 Å². The predicted molar refractivity (Wildman–Crippen MR) is 78.8 cm³/mol. The summed E-state index contributed by atoms with van der Waals surface area (Å²) in [6.45, 7) is 2.42. The summed E-state index contributed by atoms with van der Waals surface area (Å²) in [6, 6.07) is 9.65. The van der Waals surface area contributed by atoms with Gasteiger partial charge in [0.1, 0.15) is 5.82 Å². The molecule has 5 heteroatoms. The number of carbonyl (C=O) groups is 1. The molecule has 0 N–H and O–H groups in total. The maximum absolute atomic E-state index is 11.9. The second-order valence-corrected chi connectivity index (χ2v) is 5.46. The van der Waals surface area contributed by atoms with Crippen LogP contribution in [0.4, 0.5) is 5.69 Å². The standard InChI is InChI=1S/C15H14ClN3O/c1-10-17-6-5-14(18-10)11-3-2-4-13(7-11)19-9-12(16)8-15(19)20/h2-7,12H,8-9H2,1H3. The molecule has 2 heterocycles. The lowest BCUT2D eigenvalue weighted by Crippen LogP contribution is -2.24. The van der Waals surface area contributed by atoms with Gasteiger partial charge in [-0.2, -0.15) is 0 Å². The molecule has 1 aliphatic rings. The van der Waals surface area contributed by atoms with Gasteiger partial charge in [0.15, 0.2) is 0 Å². The molecule has 0 aliphatic carbocycles. The first-order chi connectivity index (χ1) is 9.63.